The third-order valence-corrected chi connectivity index (χ3v) is 2.33. The SMILES string of the molecule is Cc1c(F)c(OC(C)C)nc(C(C)(C)C)c1F. The lowest BCUT2D eigenvalue weighted by Gasteiger charge is -2.21. The van der Waals surface area contributed by atoms with Crippen LogP contribution in [0.4, 0.5) is 8.78 Å². The molecule has 0 spiro atoms. The predicted octanol–water partition coefficient (Wildman–Crippen LogP) is 3.75. The summed E-state index contributed by atoms with van der Waals surface area (Å²) < 4.78 is 32.9. The molecule has 0 N–H and O–H groups in total. The van der Waals surface area contributed by atoms with Crippen LogP contribution in [-0.2, 0) is 5.41 Å². The molecule has 96 valence electrons. The number of hydrogen-bond acceptors (Lipinski definition) is 2. The molecule has 0 saturated heterocycles. The minimum absolute atomic E-state index is 0.0411. The largest absolute Gasteiger partial charge is 0.473 e. The van der Waals surface area contributed by atoms with E-state index in [0.29, 0.717) is 0 Å². The minimum Gasteiger partial charge on any atom is -0.473 e. The summed E-state index contributed by atoms with van der Waals surface area (Å²) in [5.74, 6) is -1.43. The molecule has 0 radical (unpaired) electrons. The molecule has 0 fully saturated rings. The van der Waals surface area contributed by atoms with E-state index >= 15 is 0 Å². The number of rotatable bonds is 2. The van der Waals surface area contributed by atoms with Crippen molar-refractivity contribution in [1.29, 1.82) is 0 Å². The number of pyridine rings is 1. The van der Waals surface area contributed by atoms with E-state index in [1.54, 1.807) is 13.8 Å². The normalized spacial score (nSPS) is 12.1. The van der Waals surface area contributed by atoms with Gasteiger partial charge < -0.3 is 4.74 Å². The molecule has 4 heteroatoms. The second kappa shape index (κ2) is 4.59. The standard InChI is InChI=1S/C13H19F2NO/c1-7(2)17-12-10(15)8(3)9(14)11(16-12)13(4,5)6/h7H,1-6H3. The van der Waals surface area contributed by atoms with Gasteiger partial charge in [0.05, 0.1) is 11.8 Å². The molecule has 1 aromatic heterocycles. The molecular weight excluding hydrogens is 224 g/mol. The van der Waals surface area contributed by atoms with Crippen molar-refractivity contribution >= 4 is 0 Å². The zero-order valence-corrected chi connectivity index (χ0v) is 11.2. The van der Waals surface area contributed by atoms with E-state index in [9.17, 15) is 8.78 Å². The maximum Gasteiger partial charge on any atom is 0.251 e. The van der Waals surface area contributed by atoms with Gasteiger partial charge in [0, 0.05) is 11.0 Å². The number of nitrogens with zero attached hydrogens (tertiary/aromatic N) is 1. The van der Waals surface area contributed by atoms with Gasteiger partial charge in [0.15, 0.2) is 11.6 Å². The van der Waals surface area contributed by atoms with Crippen molar-refractivity contribution in [2.75, 3.05) is 0 Å². The molecule has 2 nitrogen and oxygen atoms in total. The molecular formula is C13H19F2NO. The van der Waals surface area contributed by atoms with Crippen LogP contribution >= 0.6 is 0 Å². The summed E-state index contributed by atoms with van der Waals surface area (Å²) in [4.78, 5) is 3.97. The number of hydrogen-bond donors (Lipinski definition) is 0. The summed E-state index contributed by atoms with van der Waals surface area (Å²) in [7, 11) is 0. The van der Waals surface area contributed by atoms with Crippen molar-refractivity contribution in [2.24, 2.45) is 0 Å². The second-order valence-corrected chi connectivity index (χ2v) is 5.44. The van der Waals surface area contributed by atoms with Crippen molar-refractivity contribution in [3.05, 3.63) is 22.9 Å². The average molecular weight is 243 g/mol. The zero-order valence-electron chi connectivity index (χ0n) is 11.2. The van der Waals surface area contributed by atoms with Gasteiger partial charge in [-0.2, -0.15) is 0 Å². The molecule has 0 atom stereocenters. The molecule has 0 aromatic carbocycles. The highest BCUT2D eigenvalue weighted by Gasteiger charge is 2.26. The molecule has 1 rings (SSSR count). The molecule has 1 aromatic rings. The van der Waals surface area contributed by atoms with Crippen LogP contribution in [-0.4, -0.2) is 11.1 Å². The lowest BCUT2D eigenvalue weighted by Crippen LogP contribution is -2.20. The predicted molar refractivity (Wildman–Crippen MR) is 63.4 cm³/mol. The number of ether oxygens (including phenoxy) is 1. The summed E-state index contributed by atoms with van der Waals surface area (Å²) in [5, 5.41) is 0. The Hall–Kier alpha value is -1.19. The third kappa shape index (κ3) is 2.93. The first-order valence-corrected chi connectivity index (χ1v) is 5.67. The first-order valence-electron chi connectivity index (χ1n) is 5.67. The Morgan fingerprint density at radius 3 is 2.06 bits per heavy atom. The van der Waals surface area contributed by atoms with Gasteiger partial charge in [0.1, 0.15) is 0 Å². The van der Waals surface area contributed by atoms with Crippen molar-refractivity contribution in [2.45, 2.75) is 53.1 Å². The highest BCUT2D eigenvalue weighted by Crippen LogP contribution is 2.30. The van der Waals surface area contributed by atoms with Gasteiger partial charge in [-0.25, -0.2) is 13.8 Å². The van der Waals surface area contributed by atoms with Crippen LogP contribution in [0.5, 0.6) is 5.88 Å². The van der Waals surface area contributed by atoms with Crippen molar-refractivity contribution < 1.29 is 13.5 Å². The zero-order chi connectivity index (χ0) is 13.4. The van der Waals surface area contributed by atoms with Crippen molar-refractivity contribution in [3.8, 4) is 5.88 Å². The summed E-state index contributed by atoms with van der Waals surface area (Å²) in [6, 6.07) is 0. The Labute approximate surface area is 101 Å². The average Bonchev–Trinajstić information content (AvgIpc) is 2.16. The Morgan fingerprint density at radius 2 is 1.65 bits per heavy atom. The van der Waals surface area contributed by atoms with Crippen molar-refractivity contribution in [3.63, 3.8) is 0 Å². The molecule has 0 amide bonds. The molecule has 0 aliphatic heterocycles. The van der Waals surface area contributed by atoms with Gasteiger partial charge in [-0.15, -0.1) is 0 Å². The molecule has 0 saturated carbocycles. The van der Waals surface area contributed by atoms with Crippen LogP contribution < -0.4 is 4.74 Å². The summed E-state index contributed by atoms with van der Waals surface area (Å²) in [6.45, 7) is 10.4. The molecule has 17 heavy (non-hydrogen) atoms. The van der Waals surface area contributed by atoms with Crippen LogP contribution in [0.2, 0.25) is 0 Å². The molecule has 1 heterocycles. The van der Waals surface area contributed by atoms with Crippen molar-refractivity contribution in [1.82, 2.24) is 4.98 Å². The maximum absolute atomic E-state index is 13.9. The Kier molecular flexibility index (Phi) is 3.74. The van der Waals surface area contributed by atoms with Gasteiger partial charge in [-0.3, -0.25) is 0 Å². The first-order chi connectivity index (χ1) is 7.64. The van der Waals surface area contributed by atoms with Gasteiger partial charge >= 0.3 is 0 Å². The highest BCUT2D eigenvalue weighted by atomic mass is 19.1. The summed E-state index contributed by atoms with van der Waals surface area (Å²) in [5.41, 5.74) is -0.301. The van der Waals surface area contributed by atoms with E-state index in [0.717, 1.165) is 0 Å². The Bertz CT molecular complexity index is 422. The lowest BCUT2D eigenvalue weighted by molar-refractivity contribution is 0.217. The maximum atomic E-state index is 13.9. The van der Waals surface area contributed by atoms with E-state index < -0.39 is 17.0 Å². The van der Waals surface area contributed by atoms with Gasteiger partial charge in [-0.1, -0.05) is 20.8 Å². The molecule has 0 bridgehead atoms. The van der Waals surface area contributed by atoms with Gasteiger partial charge in [0.25, 0.3) is 5.88 Å². The smallest absolute Gasteiger partial charge is 0.251 e. The third-order valence-electron chi connectivity index (χ3n) is 2.33. The van der Waals surface area contributed by atoms with E-state index in [-0.39, 0.29) is 23.2 Å². The summed E-state index contributed by atoms with van der Waals surface area (Å²) in [6.07, 6.45) is -0.199. The summed E-state index contributed by atoms with van der Waals surface area (Å²) >= 11 is 0. The fraction of sp³-hybridized carbons (Fsp3) is 0.615. The molecule has 0 unspecified atom stereocenters. The lowest BCUT2D eigenvalue weighted by atomic mass is 9.90. The molecule has 0 aliphatic rings. The fourth-order valence-electron chi connectivity index (χ4n) is 1.43. The second-order valence-electron chi connectivity index (χ2n) is 5.44. The van der Waals surface area contributed by atoms with E-state index in [1.807, 2.05) is 20.8 Å². The van der Waals surface area contributed by atoms with Gasteiger partial charge in [0.2, 0.25) is 0 Å². The quantitative estimate of drug-likeness (QED) is 0.789. The fourth-order valence-corrected chi connectivity index (χ4v) is 1.43. The van der Waals surface area contributed by atoms with E-state index in [4.69, 9.17) is 4.74 Å². The van der Waals surface area contributed by atoms with E-state index in [2.05, 4.69) is 4.98 Å². The molecule has 0 aliphatic carbocycles. The Balaban J connectivity index is 3.39. The Morgan fingerprint density at radius 1 is 1.12 bits per heavy atom. The highest BCUT2D eigenvalue weighted by molar-refractivity contribution is 5.31. The van der Waals surface area contributed by atoms with Crippen LogP contribution in [0.25, 0.3) is 0 Å². The van der Waals surface area contributed by atoms with Crippen LogP contribution in [0.15, 0.2) is 0 Å². The monoisotopic (exact) mass is 243 g/mol. The van der Waals surface area contributed by atoms with E-state index in [1.165, 1.54) is 6.92 Å². The minimum atomic E-state index is -0.718. The topological polar surface area (TPSA) is 22.1 Å². The number of halogens is 2. The van der Waals surface area contributed by atoms with Crippen LogP contribution in [0.1, 0.15) is 45.9 Å². The first kappa shape index (κ1) is 13.9. The van der Waals surface area contributed by atoms with Crippen LogP contribution in [0, 0.1) is 18.6 Å². The van der Waals surface area contributed by atoms with Crippen LogP contribution in [0.3, 0.4) is 0 Å². The van der Waals surface area contributed by atoms with Gasteiger partial charge in [-0.05, 0) is 20.8 Å². The number of aromatic nitrogens is 1.